The molecule has 1 heterocycles. The molecule has 2 rings (SSSR count). The van der Waals surface area contributed by atoms with Crippen molar-refractivity contribution >= 4 is 28.9 Å². The molecule has 23 heavy (non-hydrogen) atoms. The number of esters is 1. The van der Waals surface area contributed by atoms with Gasteiger partial charge < -0.3 is 10.1 Å². The molecule has 0 spiro atoms. The molecule has 2 aromatic rings. The van der Waals surface area contributed by atoms with Gasteiger partial charge in [-0.15, -0.1) is 11.3 Å². The third-order valence-electron chi connectivity index (χ3n) is 3.52. The maximum absolute atomic E-state index is 12.0. The Morgan fingerprint density at radius 2 is 1.83 bits per heavy atom. The first kappa shape index (κ1) is 17.2. The van der Waals surface area contributed by atoms with Gasteiger partial charge in [0, 0.05) is 10.6 Å². The summed E-state index contributed by atoms with van der Waals surface area (Å²) in [6.45, 7) is 5.81. The van der Waals surface area contributed by atoms with Crippen molar-refractivity contribution in [3.05, 3.63) is 51.2 Å². The summed E-state index contributed by atoms with van der Waals surface area (Å²) in [6.07, 6.45) is 1.84. The Morgan fingerprint density at radius 1 is 1.13 bits per heavy atom. The van der Waals surface area contributed by atoms with Crippen molar-refractivity contribution in [2.75, 3.05) is 11.9 Å². The first-order chi connectivity index (χ1) is 11.0. The summed E-state index contributed by atoms with van der Waals surface area (Å²) in [5.74, 6) is -0.791. The second kappa shape index (κ2) is 7.92. The Bertz CT molecular complexity index is 689. The van der Waals surface area contributed by atoms with Gasteiger partial charge in [-0.25, -0.2) is 4.79 Å². The van der Waals surface area contributed by atoms with Crippen LogP contribution in [0, 0.1) is 6.92 Å². The highest BCUT2D eigenvalue weighted by Gasteiger charge is 2.14. The molecule has 1 aromatic carbocycles. The van der Waals surface area contributed by atoms with Gasteiger partial charge >= 0.3 is 5.97 Å². The fourth-order valence-electron chi connectivity index (χ4n) is 2.19. The number of carbonyl (C=O) groups is 2. The van der Waals surface area contributed by atoms with Crippen LogP contribution in [0.4, 0.5) is 5.69 Å². The highest BCUT2D eigenvalue weighted by atomic mass is 32.1. The number of anilines is 1. The monoisotopic (exact) mass is 331 g/mol. The number of benzene rings is 1. The minimum absolute atomic E-state index is 0.285. The molecule has 0 radical (unpaired) electrons. The largest absolute Gasteiger partial charge is 0.451 e. The lowest BCUT2D eigenvalue weighted by Crippen LogP contribution is -2.20. The van der Waals surface area contributed by atoms with Crippen LogP contribution in [0.2, 0.25) is 0 Å². The zero-order chi connectivity index (χ0) is 16.8. The van der Waals surface area contributed by atoms with Crippen LogP contribution in [-0.2, 0) is 22.4 Å². The number of hydrogen-bond acceptors (Lipinski definition) is 4. The molecule has 0 atom stereocenters. The minimum atomic E-state index is -0.450. The van der Waals surface area contributed by atoms with Gasteiger partial charge in [0.1, 0.15) is 4.88 Å². The van der Waals surface area contributed by atoms with Gasteiger partial charge in [-0.3, -0.25) is 4.79 Å². The van der Waals surface area contributed by atoms with Crippen molar-refractivity contribution in [1.29, 1.82) is 0 Å². The maximum Gasteiger partial charge on any atom is 0.348 e. The van der Waals surface area contributed by atoms with Gasteiger partial charge in [-0.1, -0.05) is 26.0 Å². The van der Waals surface area contributed by atoms with Gasteiger partial charge in [0.25, 0.3) is 5.91 Å². The molecule has 0 aliphatic carbocycles. The molecule has 0 saturated heterocycles. The Labute approximate surface area is 140 Å². The number of thiophene rings is 1. The van der Waals surface area contributed by atoms with E-state index in [2.05, 4.69) is 12.2 Å². The second-order valence-corrected chi connectivity index (χ2v) is 6.38. The van der Waals surface area contributed by atoms with Gasteiger partial charge in [-0.05, 0) is 49.1 Å². The average molecular weight is 331 g/mol. The van der Waals surface area contributed by atoms with E-state index in [4.69, 9.17) is 4.74 Å². The summed E-state index contributed by atoms with van der Waals surface area (Å²) in [6, 6.07) is 9.42. The first-order valence-corrected chi connectivity index (χ1v) is 8.50. The Kier molecular flexibility index (Phi) is 5.93. The van der Waals surface area contributed by atoms with E-state index in [1.165, 1.54) is 16.9 Å². The summed E-state index contributed by atoms with van der Waals surface area (Å²) in [5.41, 5.74) is 2.99. The molecular weight excluding hydrogens is 310 g/mol. The highest BCUT2D eigenvalue weighted by molar-refractivity contribution is 7.14. The van der Waals surface area contributed by atoms with Crippen LogP contribution in [0.15, 0.2) is 30.3 Å². The average Bonchev–Trinajstić information content (AvgIpc) is 2.94. The maximum atomic E-state index is 12.0. The number of ether oxygens (including phenoxy) is 1. The Morgan fingerprint density at radius 3 is 2.39 bits per heavy atom. The molecule has 0 fully saturated rings. The molecule has 0 bridgehead atoms. The molecule has 5 heteroatoms. The van der Waals surface area contributed by atoms with Crippen LogP contribution >= 0.6 is 11.3 Å². The zero-order valence-corrected chi connectivity index (χ0v) is 14.5. The lowest BCUT2D eigenvalue weighted by molar-refractivity contribution is -0.119. The normalized spacial score (nSPS) is 10.4. The van der Waals surface area contributed by atoms with Crippen LogP contribution in [-0.4, -0.2) is 18.5 Å². The molecule has 0 aliphatic heterocycles. The SMILES string of the molecule is CCc1ccc(NC(=O)COC(=O)c2cc(C)c(CC)s2)cc1. The van der Waals surface area contributed by atoms with Crippen molar-refractivity contribution in [2.45, 2.75) is 33.6 Å². The fraction of sp³-hybridized carbons (Fsp3) is 0.333. The summed E-state index contributed by atoms with van der Waals surface area (Å²) >= 11 is 1.42. The number of nitrogens with one attached hydrogen (secondary N) is 1. The fourth-order valence-corrected chi connectivity index (χ4v) is 3.20. The second-order valence-electron chi connectivity index (χ2n) is 5.25. The van der Waals surface area contributed by atoms with E-state index < -0.39 is 5.97 Å². The molecule has 122 valence electrons. The minimum Gasteiger partial charge on any atom is -0.451 e. The van der Waals surface area contributed by atoms with Crippen LogP contribution in [0.3, 0.4) is 0 Å². The van der Waals surface area contributed by atoms with Gasteiger partial charge in [0.05, 0.1) is 0 Å². The van der Waals surface area contributed by atoms with E-state index in [9.17, 15) is 9.59 Å². The van der Waals surface area contributed by atoms with Crippen LogP contribution in [0.1, 0.15) is 39.5 Å². The number of rotatable bonds is 6. The van der Waals surface area contributed by atoms with E-state index in [1.54, 1.807) is 0 Å². The van der Waals surface area contributed by atoms with E-state index in [1.807, 2.05) is 44.2 Å². The van der Waals surface area contributed by atoms with E-state index in [0.717, 1.165) is 23.3 Å². The molecule has 0 aliphatic rings. The summed E-state index contributed by atoms with van der Waals surface area (Å²) in [7, 11) is 0. The standard InChI is InChI=1S/C18H21NO3S/c1-4-13-6-8-14(9-7-13)19-17(20)11-22-18(21)16-10-12(3)15(5-2)23-16/h6-10H,4-5,11H2,1-3H3,(H,19,20). The molecule has 1 amide bonds. The molecule has 0 unspecified atom stereocenters. The topological polar surface area (TPSA) is 55.4 Å². The third kappa shape index (κ3) is 4.66. The Hall–Kier alpha value is -2.14. The van der Waals surface area contributed by atoms with Crippen molar-refractivity contribution < 1.29 is 14.3 Å². The van der Waals surface area contributed by atoms with Crippen LogP contribution < -0.4 is 5.32 Å². The molecule has 0 saturated carbocycles. The number of carbonyl (C=O) groups excluding carboxylic acids is 2. The lowest BCUT2D eigenvalue weighted by Gasteiger charge is -2.06. The third-order valence-corrected chi connectivity index (χ3v) is 4.88. The first-order valence-electron chi connectivity index (χ1n) is 7.68. The highest BCUT2D eigenvalue weighted by Crippen LogP contribution is 2.23. The molecule has 1 N–H and O–H groups in total. The van der Waals surface area contributed by atoms with Crippen molar-refractivity contribution in [3.8, 4) is 0 Å². The molecule has 1 aromatic heterocycles. The van der Waals surface area contributed by atoms with Gasteiger partial charge in [0.2, 0.25) is 0 Å². The van der Waals surface area contributed by atoms with Crippen LogP contribution in [0.25, 0.3) is 0 Å². The Balaban J connectivity index is 1.86. The zero-order valence-electron chi connectivity index (χ0n) is 13.6. The van der Waals surface area contributed by atoms with Crippen molar-refractivity contribution in [1.82, 2.24) is 0 Å². The molecule has 4 nitrogen and oxygen atoms in total. The van der Waals surface area contributed by atoms with Gasteiger partial charge in [0.15, 0.2) is 6.61 Å². The van der Waals surface area contributed by atoms with Crippen molar-refractivity contribution in [3.63, 3.8) is 0 Å². The molecular formula is C18H21NO3S. The summed E-state index contributed by atoms with van der Waals surface area (Å²) in [5, 5.41) is 2.72. The predicted octanol–water partition coefficient (Wildman–Crippen LogP) is 3.98. The number of hydrogen-bond donors (Lipinski definition) is 1. The van der Waals surface area contributed by atoms with Gasteiger partial charge in [-0.2, -0.15) is 0 Å². The van der Waals surface area contributed by atoms with E-state index in [0.29, 0.717) is 10.6 Å². The smallest absolute Gasteiger partial charge is 0.348 e. The van der Waals surface area contributed by atoms with Crippen molar-refractivity contribution in [2.24, 2.45) is 0 Å². The van der Waals surface area contributed by atoms with Crippen LogP contribution in [0.5, 0.6) is 0 Å². The number of aryl methyl sites for hydroxylation is 3. The summed E-state index contributed by atoms with van der Waals surface area (Å²) < 4.78 is 5.08. The quantitative estimate of drug-likeness (QED) is 0.815. The predicted molar refractivity (Wildman–Crippen MR) is 93.2 cm³/mol. The van der Waals surface area contributed by atoms with E-state index >= 15 is 0 Å². The van der Waals surface area contributed by atoms with E-state index in [-0.39, 0.29) is 12.5 Å². The summed E-state index contributed by atoms with van der Waals surface area (Å²) in [4.78, 5) is 25.5. The number of amides is 1. The lowest BCUT2D eigenvalue weighted by atomic mass is 10.1.